The first-order chi connectivity index (χ1) is 12.8. The molecule has 0 radical (unpaired) electrons. The third kappa shape index (κ3) is 6.07. The van der Waals surface area contributed by atoms with E-state index in [1.165, 1.54) is 30.3 Å². The second-order valence-corrected chi connectivity index (χ2v) is 6.89. The van der Waals surface area contributed by atoms with Crippen molar-refractivity contribution in [2.75, 3.05) is 16.4 Å². The molecule has 2 aromatic carbocycles. The monoisotopic (exact) mass is 393 g/mol. The Hall–Kier alpha value is -2.94. The molecule has 3 amide bonds. The summed E-state index contributed by atoms with van der Waals surface area (Å²) >= 11 is 1.08. The first-order valence-electron chi connectivity index (χ1n) is 7.83. The second kappa shape index (κ2) is 9.13. The quantitative estimate of drug-likeness (QED) is 0.673. The number of primary amides is 1. The van der Waals surface area contributed by atoms with Crippen LogP contribution in [0.4, 0.5) is 20.2 Å². The Morgan fingerprint density at radius 1 is 1.04 bits per heavy atom. The van der Waals surface area contributed by atoms with Crippen molar-refractivity contribution in [3.8, 4) is 0 Å². The Morgan fingerprint density at radius 3 is 2.30 bits per heavy atom. The molecule has 2 aromatic rings. The third-order valence-corrected chi connectivity index (χ3v) is 4.60. The molecule has 0 saturated heterocycles. The van der Waals surface area contributed by atoms with E-state index in [4.69, 9.17) is 5.73 Å². The van der Waals surface area contributed by atoms with Crippen LogP contribution in [-0.2, 0) is 9.59 Å². The van der Waals surface area contributed by atoms with Crippen molar-refractivity contribution in [3.63, 3.8) is 0 Å². The van der Waals surface area contributed by atoms with Gasteiger partial charge in [0.1, 0.15) is 11.6 Å². The van der Waals surface area contributed by atoms with Crippen LogP contribution in [-0.4, -0.2) is 28.7 Å². The van der Waals surface area contributed by atoms with Gasteiger partial charge < -0.3 is 16.4 Å². The van der Waals surface area contributed by atoms with Gasteiger partial charge in [0.05, 0.1) is 16.6 Å². The predicted molar refractivity (Wildman–Crippen MR) is 100 cm³/mol. The summed E-state index contributed by atoms with van der Waals surface area (Å²) in [5.41, 5.74) is 5.41. The Kier molecular flexibility index (Phi) is 6.89. The fraction of sp³-hybridized carbons (Fsp3) is 0.167. The van der Waals surface area contributed by atoms with E-state index in [1.807, 2.05) is 0 Å². The maximum Gasteiger partial charge on any atom is 0.251 e. The molecule has 0 aromatic heterocycles. The Bertz CT molecular complexity index is 859. The molecule has 142 valence electrons. The molecule has 1 atom stereocenters. The summed E-state index contributed by atoms with van der Waals surface area (Å²) < 4.78 is 26.3. The van der Waals surface area contributed by atoms with Crippen molar-refractivity contribution in [2.24, 2.45) is 5.73 Å². The predicted octanol–water partition coefficient (Wildman–Crippen LogP) is 2.76. The van der Waals surface area contributed by atoms with Crippen molar-refractivity contribution in [1.29, 1.82) is 0 Å². The molecule has 0 aliphatic carbocycles. The molecule has 0 saturated carbocycles. The topological polar surface area (TPSA) is 101 Å². The zero-order valence-corrected chi connectivity index (χ0v) is 15.1. The lowest BCUT2D eigenvalue weighted by Gasteiger charge is -2.13. The largest absolute Gasteiger partial charge is 0.366 e. The van der Waals surface area contributed by atoms with Crippen LogP contribution in [0.1, 0.15) is 17.3 Å². The van der Waals surface area contributed by atoms with E-state index in [0.717, 1.165) is 23.9 Å². The summed E-state index contributed by atoms with van der Waals surface area (Å²) in [5.74, 6) is -2.89. The van der Waals surface area contributed by atoms with Gasteiger partial charge in [-0.25, -0.2) is 8.78 Å². The van der Waals surface area contributed by atoms with Crippen molar-refractivity contribution < 1.29 is 23.2 Å². The SMILES string of the molecule is CC(SCC(=O)Nc1ccc(F)cc1)C(=O)Nc1ccc(F)c(C(N)=O)c1. The lowest BCUT2D eigenvalue weighted by molar-refractivity contribution is -0.115. The molecular formula is C18H17F2N3O3S. The standard InChI is InChI=1S/C18H17F2N3O3S/c1-10(27-9-16(24)22-12-4-2-11(19)3-5-12)18(26)23-13-6-7-15(20)14(8-13)17(21)25/h2-8,10H,9H2,1H3,(H2,21,25)(H,22,24)(H,23,26). The van der Waals surface area contributed by atoms with Gasteiger partial charge in [0.15, 0.2) is 0 Å². The lowest BCUT2D eigenvalue weighted by atomic mass is 10.1. The average molecular weight is 393 g/mol. The second-order valence-electron chi connectivity index (χ2n) is 5.56. The highest BCUT2D eigenvalue weighted by Crippen LogP contribution is 2.18. The minimum absolute atomic E-state index is 0.00190. The zero-order chi connectivity index (χ0) is 20.0. The molecule has 0 bridgehead atoms. The minimum atomic E-state index is -0.941. The van der Waals surface area contributed by atoms with Crippen LogP contribution in [0.3, 0.4) is 0 Å². The van der Waals surface area contributed by atoms with Crippen molar-refractivity contribution >= 4 is 40.9 Å². The van der Waals surface area contributed by atoms with Crippen molar-refractivity contribution in [2.45, 2.75) is 12.2 Å². The molecule has 0 fully saturated rings. The Balaban J connectivity index is 1.86. The molecule has 0 heterocycles. The summed E-state index contributed by atoms with van der Waals surface area (Å²) in [6.45, 7) is 1.60. The Morgan fingerprint density at radius 2 is 1.67 bits per heavy atom. The molecule has 1 unspecified atom stereocenters. The summed E-state index contributed by atoms with van der Waals surface area (Å²) in [6, 6.07) is 8.79. The summed E-state index contributed by atoms with van der Waals surface area (Å²) in [5, 5.41) is 4.53. The number of thioether (sulfide) groups is 1. The van der Waals surface area contributed by atoms with Gasteiger partial charge >= 0.3 is 0 Å². The van der Waals surface area contributed by atoms with Crippen LogP contribution in [0, 0.1) is 11.6 Å². The molecule has 0 aliphatic heterocycles. The molecule has 0 aliphatic rings. The maximum atomic E-state index is 13.4. The highest BCUT2D eigenvalue weighted by molar-refractivity contribution is 8.01. The van der Waals surface area contributed by atoms with E-state index < -0.39 is 28.7 Å². The number of nitrogens with two attached hydrogens (primary N) is 1. The van der Waals surface area contributed by atoms with Crippen LogP contribution in [0.2, 0.25) is 0 Å². The van der Waals surface area contributed by atoms with Gasteiger partial charge in [-0.1, -0.05) is 0 Å². The number of carbonyl (C=O) groups is 3. The van der Waals surface area contributed by atoms with E-state index >= 15 is 0 Å². The van der Waals surface area contributed by atoms with Gasteiger partial charge in [-0.05, 0) is 49.4 Å². The number of carbonyl (C=O) groups excluding carboxylic acids is 3. The number of nitrogens with one attached hydrogen (secondary N) is 2. The van der Waals surface area contributed by atoms with Gasteiger partial charge in [0.25, 0.3) is 5.91 Å². The number of amides is 3. The molecule has 9 heteroatoms. The van der Waals surface area contributed by atoms with Gasteiger partial charge in [-0.15, -0.1) is 11.8 Å². The first-order valence-corrected chi connectivity index (χ1v) is 8.88. The van der Waals surface area contributed by atoms with Gasteiger partial charge in [-0.2, -0.15) is 0 Å². The molecule has 27 heavy (non-hydrogen) atoms. The molecule has 6 nitrogen and oxygen atoms in total. The number of anilines is 2. The summed E-state index contributed by atoms with van der Waals surface area (Å²) in [6.07, 6.45) is 0. The number of hydrogen-bond acceptors (Lipinski definition) is 4. The van der Waals surface area contributed by atoms with E-state index in [0.29, 0.717) is 5.69 Å². The minimum Gasteiger partial charge on any atom is -0.366 e. The van der Waals surface area contributed by atoms with E-state index in [-0.39, 0.29) is 22.9 Å². The smallest absolute Gasteiger partial charge is 0.251 e. The normalized spacial score (nSPS) is 11.5. The number of rotatable bonds is 7. The maximum absolute atomic E-state index is 13.4. The van der Waals surface area contributed by atoms with Crippen LogP contribution in [0.15, 0.2) is 42.5 Å². The number of halogens is 2. The van der Waals surface area contributed by atoms with E-state index in [1.54, 1.807) is 6.92 Å². The molecule has 2 rings (SSSR count). The fourth-order valence-corrected chi connectivity index (χ4v) is 2.73. The van der Waals surface area contributed by atoms with Gasteiger partial charge in [0, 0.05) is 11.4 Å². The highest BCUT2D eigenvalue weighted by Gasteiger charge is 2.17. The number of hydrogen-bond donors (Lipinski definition) is 3. The molecule has 0 spiro atoms. The lowest BCUT2D eigenvalue weighted by Crippen LogP contribution is -2.25. The molecule has 4 N–H and O–H groups in total. The summed E-state index contributed by atoms with van der Waals surface area (Å²) in [4.78, 5) is 35.2. The van der Waals surface area contributed by atoms with E-state index in [2.05, 4.69) is 10.6 Å². The zero-order valence-electron chi connectivity index (χ0n) is 14.3. The average Bonchev–Trinajstić information content (AvgIpc) is 2.63. The van der Waals surface area contributed by atoms with Gasteiger partial charge in [-0.3, -0.25) is 14.4 Å². The third-order valence-electron chi connectivity index (χ3n) is 3.46. The first kappa shape index (κ1) is 20.4. The number of benzene rings is 2. The van der Waals surface area contributed by atoms with Crippen LogP contribution in [0.5, 0.6) is 0 Å². The molecular weight excluding hydrogens is 376 g/mol. The van der Waals surface area contributed by atoms with Crippen molar-refractivity contribution in [1.82, 2.24) is 0 Å². The Labute approximate surface area is 158 Å². The fourth-order valence-electron chi connectivity index (χ4n) is 2.04. The van der Waals surface area contributed by atoms with Crippen LogP contribution in [0.25, 0.3) is 0 Å². The highest BCUT2D eigenvalue weighted by atomic mass is 32.2. The van der Waals surface area contributed by atoms with E-state index in [9.17, 15) is 23.2 Å². The van der Waals surface area contributed by atoms with Crippen LogP contribution < -0.4 is 16.4 Å². The van der Waals surface area contributed by atoms with Crippen molar-refractivity contribution in [3.05, 3.63) is 59.7 Å². The van der Waals surface area contributed by atoms with Crippen LogP contribution >= 0.6 is 11.8 Å². The van der Waals surface area contributed by atoms with Gasteiger partial charge in [0.2, 0.25) is 11.8 Å². The summed E-state index contributed by atoms with van der Waals surface area (Å²) in [7, 11) is 0.